The lowest BCUT2D eigenvalue weighted by molar-refractivity contribution is -0.0848. The normalized spacial score (nSPS) is 29.0. The molecule has 1 fully saturated rings. The Labute approximate surface area is 108 Å². The van der Waals surface area contributed by atoms with Crippen LogP contribution in [0, 0.1) is 0 Å². The van der Waals surface area contributed by atoms with E-state index in [9.17, 15) is 0 Å². The zero-order chi connectivity index (χ0) is 12.3. The summed E-state index contributed by atoms with van der Waals surface area (Å²) in [5, 5.41) is 0.214. The zero-order valence-corrected chi connectivity index (χ0v) is 11.2. The van der Waals surface area contributed by atoms with Crippen LogP contribution in [-0.2, 0) is 10.3 Å². The molecule has 1 saturated heterocycles. The molecule has 17 heavy (non-hydrogen) atoms. The van der Waals surface area contributed by atoms with Crippen molar-refractivity contribution in [3.63, 3.8) is 0 Å². The van der Waals surface area contributed by atoms with Gasteiger partial charge in [0.1, 0.15) is 5.75 Å². The van der Waals surface area contributed by atoms with Gasteiger partial charge in [-0.2, -0.15) is 0 Å². The minimum Gasteiger partial charge on any atom is -0.497 e. The van der Waals surface area contributed by atoms with E-state index in [0.717, 1.165) is 31.6 Å². The van der Waals surface area contributed by atoms with Crippen molar-refractivity contribution in [2.75, 3.05) is 13.7 Å². The van der Waals surface area contributed by atoms with Gasteiger partial charge in [-0.15, -0.1) is 11.6 Å². The minimum atomic E-state index is -0.211. The largest absolute Gasteiger partial charge is 0.497 e. The first-order valence-electron chi connectivity index (χ1n) is 6.13. The third-order valence-electron chi connectivity index (χ3n) is 3.55. The van der Waals surface area contributed by atoms with Crippen LogP contribution in [0.15, 0.2) is 24.3 Å². The van der Waals surface area contributed by atoms with Crippen molar-refractivity contribution in [2.45, 2.75) is 37.2 Å². The Morgan fingerprint density at radius 2 is 2.12 bits per heavy atom. The summed E-state index contributed by atoms with van der Waals surface area (Å²) in [7, 11) is 1.68. The van der Waals surface area contributed by atoms with Gasteiger partial charge in [-0.1, -0.05) is 19.1 Å². The third-order valence-corrected chi connectivity index (χ3v) is 3.92. The van der Waals surface area contributed by atoms with Gasteiger partial charge in [0, 0.05) is 12.0 Å². The second-order valence-electron chi connectivity index (χ2n) is 4.51. The van der Waals surface area contributed by atoms with Gasteiger partial charge in [-0.05, 0) is 37.0 Å². The zero-order valence-electron chi connectivity index (χ0n) is 10.4. The SMILES string of the molecule is CCC1(c2ccc(OC)cc2)CC(Cl)CCO1. The molecule has 1 aromatic rings. The van der Waals surface area contributed by atoms with Gasteiger partial charge >= 0.3 is 0 Å². The number of alkyl halides is 1. The fraction of sp³-hybridized carbons (Fsp3) is 0.571. The molecule has 2 nitrogen and oxygen atoms in total. The number of rotatable bonds is 3. The third kappa shape index (κ3) is 2.58. The van der Waals surface area contributed by atoms with E-state index in [1.54, 1.807) is 7.11 Å². The maximum absolute atomic E-state index is 6.28. The molecule has 94 valence electrons. The standard InChI is InChI=1S/C14H19ClO2/c1-3-14(10-12(15)8-9-17-14)11-4-6-13(16-2)7-5-11/h4-7,12H,3,8-10H2,1-2H3. The molecule has 2 unspecified atom stereocenters. The van der Waals surface area contributed by atoms with Crippen LogP contribution in [0.3, 0.4) is 0 Å². The molecule has 1 heterocycles. The Morgan fingerprint density at radius 3 is 2.65 bits per heavy atom. The van der Waals surface area contributed by atoms with Gasteiger partial charge in [0.05, 0.1) is 12.7 Å². The van der Waals surface area contributed by atoms with Crippen molar-refractivity contribution in [3.8, 4) is 5.75 Å². The Balaban J connectivity index is 2.26. The number of methoxy groups -OCH3 is 1. The van der Waals surface area contributed by atoms with Crippen molar-refractivity contribution < 1.29 is 9.47 Å². The van der Waals surface area contributed by atoms with Crippen molar-refractivity contribution >= 4 is 11.6 Å². The Bertz CT molecular complexity index is 363. The van der Waals surface area contributed by atoms with Gasteiger partial charge < -0.3 is 9.47 Å². The predicted octanol–water partition coefficient (Wildman–Crippen LogP) is 3.72. The van der Waals surface area contributed by atoms with Crippen molar-refractivity contribution in [2.24, 2.45) is 0 Å². The average Bonchev–Trinajstić information content (AvgIpc) is 2.38. The summed E-state index contributed by atoms with van der Waals surface area (Å²) in [4.78, 5) is 0. The van der Waals surface area contributed by atoms with E-state index < -0.39 is 0 Å². The lowest BCUT2D eigenvalue weighted by Crippen LogP contribution is -2.37. The lowest BCUT2D eigenvalue weighted by atomic mass is 9.84. The van der Waals surface area contributed by atoms with Crippen molar-refractivity contribution in [1.29, 1.82) is 0 Å². The van der Waals surface area contributed by atoms with Crippen LogP contribution in [0.1, 0.15) is 31.7 Å². The maximum atomic E-state index is 6.28. The monoisotopic (exact) mass is 254 g/mol. The lowest BCUT2D eigenvalue weighted by Gasteiger charge is -2.39. The van der Waals surface area contributed by atoms with Crippen molar-refractivity contribution in [1.82, 2.24) is 0 Å². The van der Waals surface area contributed by atoms with Crippen LogP contribution >= 0.6 is 11.6 Å². The molecular formula is C14H19ClO2. The molecule has 0 saturated carbocycles. The highest BCUT2D eigenvalue weighted by atomic mass is 35.5. The topological polar surface area (TPSA) is 18.5 Å². The van der Waals surface area contributed by atoms with E-state index in [1.165, 1.54) is 5.56 Å². The first-order chi connectivity index (χ1) is 8.20. The summed E-state index contributed by atoms with van der Waals surface area (Å²) in [5.41, 5.74) is 0.989. The van der Waals surface area contributed by atoms with Gasteiger partial charge in [-0.3, -0.25) is 0 Å². The average molecular weight is 255 g/mol. The van der Waals surface area contributed by atoms with Crippen LogP contribution in [0.4, 0.5) is 0 Å². The molecule has 2 atom stereocenters. The molecule has 0 amide bonds. The molecule has 1 aliphatic rings. The summed E-state index contributed by atoms with van der Waals surface area (Å²) in [6, 6.07) is 8.12. The highest BCUT2D eigenvalue weighted by Gasteiger charge is 2.36. The van der Waals surface area contributed by atoms with Gasteiger partial charge in [0.15, 0.2) is 0 Å². The highest BCUT2D eigenvalue weighted by Crippen LogP contribution is 2.40. The maximum Gasteiger partial charge on any atom is 0.118 e. The van der Waals surface area contributed by atoms with E-state index >= 15 is 0 Å². The first kappa shape index (κ1) is 12.7. The summed E-state index contributed by atoms with van der Waals surface area (Å²) in [6.45, 7) is 2.90. The van der Waals surface area contributed by atoms with Gasteiger partial charge in [0.2, 0.25) is 0 Å². The summed E-state index contributed by atoms with van der Waals surface area (Å²) in [6.07, 6.45) is 2.78. The van der Waals surface area contributed by atoms with E-state index in [1.807, 2.05) is 12.1 Å². The van der Waals surface area contributed by atoms with Crippen LogP contribution in [-0.4, -0.2) is 19.1 Å². The van der Waals surface area contributed by atoms with E-state index in [2.05, 4.69) is 19.1 Å². The first-order valence-corrected chi connectivity index (χ1v) is 6.56. The molecule has 0 bridgehead atoms. The Kier molecular flexibility index (Phi) is 3.95. The van der Waals surface area contributed by atoms with Crippen LogP contribution < -0.4 is 4.74 Å². The molecule has 2 rings (SSSR count). The van der Waals surface area contributed by atoms with E-state index in [-0.39, 0.29) is 11.0 Å². The fourth-order valence-corrected chi connectivity index (χ4v) is 2.79. The number of benzene rings is 1. The number of hydrogen-bond donors (Lipinski definition) is 0. The van der Waals surface area contributed by atoms with E-state index in [4.69, 9.17) is 21.1 Å². The number of halogens is 1. The summed E-state index contributed by atoms with van der Waals surface area (Å²) >= 11 is 6.28. The van der Waals surface area contributed by atoms with Crippen molar-refractivity contribution in [3.05, 3.63) is 29.8 Å². The molecule has 3 heteroatoms. The molecule has 0 radical (unpaired) electrons. The molecule has 1 aliphatic heterocycles. The molecule has 1 aromatic carbocycles. The quantitative estimate of drug-likeness (QED) is 0.766. The Morgan fingerprint density at radius 1 is 1.41 bits per heavy atom. The number of ether oxygens (including phenoxy) is 2. The van der Waals surface area contributed by atoms with Crippen LogP contribution in [0.2, 0.25) is 0 Å². The fourth-order valence-electron chi connectivity index (χ4n) is 2.45. The highest BCUT2D eigenvalue weighted by molar-refractivity contribution is 6.20. The second-order valence-corrected chi connectivity index (χ2v) is 5.13. The van der Waals surface area contributed by atoms with Gasteiger partial charge in [0.25, 0.3) is 0 Å². The Hall–Kier alpha value is -0.730. The number of hydrogen-bond acceptors (Lipinski definition) is 2. The molecule has 0 N–H and O–H groups in total. The summed E-state index contributed by atoms with van der Waals surface area (Å²) in [5.74, 6) is 0.873. The molecule has 0 aliphatic carbocycles. The second kappa shape index (κ2) is 5.28. The van der Waals surface area contributed by atoms with E-state index in [0.29, 0.717) is 0 Å². The van der Waals surface area contributed by atoms with Gasteiger partial charge in [-0.25, -0.2) is 0 Å². The molecular weight excluding hydrogens is 236 g/mol. The summed E-state index contributed by atoms with van der Waals surface area (Å²) < 4.78 is 11.2. The predicted molar refractivity (Wildman–Crippen MR) is 69.8 cm³/mol. The van der Waals surface area contributed by atoms with Crippen LogP contribution in [0.5, 0.6) is 5.75 Å². The molecule has 0 spiro atoms. The smallest absolute Gasteiger partial charge is 0.118 e. The molecule has 0 aromatic heterocycles. The minimum absolute atomic E-state index is 0.211. The van der Waals surface area contributed by atoms with Crippen LogP contribution in [0.25, 0.3) is 0 Å².